The molecule has 0 spiro atoms. The van der Waals surface area contributed by atoms with Crippen LogP contribution in [-0.4, -0.2) is 18.0 Å². The Morgan fingerprint density at radius 3 is 2.47 bits per heavy atom. The third-order valence-corrected chi connectivity index (χ3v) is 5.78. The van der Waals surface area contributed by atoms with Crippen LogP contribution in [0.3, 0.4) is 0 Å². The van der Waals surface area contributed by atoms with E-state index in [1.165, 1.54) is 35.3 Å². The molecule has 1 nitrogen and oxygen atoms in total. The average molecular weight is 316 g/mol. The molecular formula is C14H22BrNS. The maximum Gasteiger partial charge on any atom is 0.0339 e. The number of likely N-dealkylation sites (tertiary alicyclic amines) is 1. The van der Waals surface area contributed by atoms with Crippen molar-refractivity contribution in [1.82, 2.24) is 4.90 Å². The molecule has 0 saturated carbocycles. The maximum absolute atomic E-state index is 3.62. The van der Waals surface area contributed by atoms with E-state index in [9.17, 15) is 0 Å². The van der Waals surface area contributed by atoms with E-state index in [-0.39, 0.29) is 0 Å². The molecule has 96 valence electrons. The molecule has 1 aliphatic rings. The third-order valence-electron chi connectivity index (χ3n) is 3.87. The molecule has 1 aliphatic heterocycles. The minimum absolute atomic E-state index is 0.482. The molecule has 0 bridgehead atoms. The van der Waals surface area contributed by atoms with Crippen LogP contribution in [0.2, 0.25) is 0 Å². The Labute approximate surface area is 117 Å². The summed E-state index contributed by atoms with van der Waals surface area (Å²) in [5, 5.41) is 2.17. The molecular weight excluding hydrogens is 294 g/mol. The zero-order chi connectivity index (χ0) is 12.5. The van der Waals surface area contributed by atoms with Gasteiger partial charge in [0.15, 0.2) is 0 Å². The van der Waals surface area contributed by atoms with Crippen LogP contribution in [0.25, 0.3) is 0 Å². The number of hydrogen-bond acceptors (Lipinski definition) is 2. The molecule has 17 heavy (non-hydrogen) atoms. The highest BCUT2D eigenvalue weighted by atomic mass is 79.9. The molecule has 1 saturated heterocycles. The smallest absolute Gasteiger partial charge is 0.0339 e. The monoisotopic (exact) mass is 315 g/mol. The van der Waals surface area contributed by atoms with Gasteiger partial charge in [-0.1, -0.05) is 20.8 Å². The van der Waals surface area contributed by atoms with Crippen LogP contribution in [0.1, 0.15) is 38.5 Å². The fourth-order valence-corrected chi connectivity index (χ4v) is 4.12. The summed E-state index contributed by atoms with van der Waals surface area (Å²) < 4.78 is 1.28. The van der Waals surface area contributed by atoms with Crippen LogP contribution in [0, 0.1) is 11.3 Å². The summed E-state index contributed by atoms with van der Waals surface area (Å²) in [5.41, 5.74) is 0.482. The van der Waals surface area contributed by atoms with Gasteiger partial charge in [0.1, 0.15) is 0 Å². The lowest BCUT2D eigenvalue weighted by molar-refractivity contribution is 0.108. The molecule has 2 heterocycles. The van der Waals surface area contributed by atoms with Crippen LogP contribution in [0.5, 0.6) is 0 Å². The van der Waals surface area contributed by atoms with Gasteiger partial charge in [0.05, 0.1) is 0 Å². The van der Waals surface area contributed by atoms with Crippen molar-refractivity contribution in [3.05, 3.63) is 20.8 Å². The zero-order valence-corrected chi connectivity index (χ0v) is 13.4. The second-order valence-electron chi connectivity index (χ2n) is 6.11. The number of hydrogen-bond donors (Lipinski definition) is 0. The predicted molar refractivity (Wildman–Crippen MR) is 79.5 cm³/mol. The van der Waals surface area contributed by atoms with Gasteiger partial charge in [-0.25, -0.2) is 0 Å². The van der Waals surface area contributed by atoms with E-state index in [2.05, 4.69) is 53.0 Å². The molecule has 0 unspecified atom stereocenters. The highest BCUT2D eigenvalue weighted by Gasteiger charge is 2.28. The Morgan fingerprint density at radius 2 is 2.00 bits per heavy atom. The predicted octanol–water partition coefficient (Wildman–Crippen LogP) is 4.77. The van der Waals surface area contributed by atoms with Gasteiger partial charge in [-0.15, -0.1) is 11.3 Å². The molecule has 0 amide bonds. The highest BCUT2D eigenvalue weighted by Crippen LogP contribution is 2.35. The van der Waals surface area contributed by atoms with Crippen LogP contribution in [0.15, 0.2) is 15.9 Å². The van der Waals surface area contributed by atoms with Crippen molar-refractivity contribution in [2.24, 2.45) is 11.3 Å². The first-order chi connectivity index (χ1) is 7.97. The number of piperidine rings is 1. The molecule has 0 N–H and O–H groups in total. The summed E-state index contributed by atoms with van der Waals surface area (Å²) in [5.74, 6) is 0.894. The van der Waals surface area contributed by atoms with Crippen molar-refractivity contribution in [3.63, 3.8) is 0 Å². The maximum atomic E-state index is 3.62. The van der Waals surface area contributed by atoms with Gasteiger partial charge in [0, 0.05) is 15.9 Å². The van der Waals surface area contributed by atoms with Crippen molar-refractivity contribution < 1.29 is 0 Å². The van der Waals surface area contributed by atoms with Gasteiger partial charge >= 0.3 is 0 Å². The Morgan fingerprint density at radius 1 is 1.35 bits per heavy atom. The number of rotatable bonds is 2. The quantitative estimate of drug-likeness (QED) is 0.760. The van der Waals surface area contributed by atoms with E-state index in [4.69, 9.17) is 0 Å². The van der Waals surface area contributed by atoms with Crippen LogP contribution in [-0.2, 0) is 6.54 Å². The lowest BCUT2D eigenvalue weighted by Gasteiger charge is -2.38. The largest absolute Gasteiger partial charge is 0.298 e. The fraction of sp³-hybridized carbons (Fsp3) is 0.714. The van der Waals surface area contributed by atoms with E-state index in [1.807, 2.05) is 11.3 Å². The van der Waals surface area contributed by atoms with Crippen molar-refractivity contribution in [1.29, 1.82) is 0 Å². The lowest BCUT2D eigenvalue weighted by atomic mass is 9.75. The van der Waals surface area contributed by atoms with Gasteiger partial charge in [0.25, 0.3) is 0 Å². The first-order valence-corrected chi connectivity index (χ1v) is 8.08. The Balaban J connectivity index is 1.86. The summed E-state index contributed by atoms with van der Waals surface area (Å²) in [6, 6.07) is 2.15. The van der Waals surface area contributed by atoms with Gasteiger partial charge in [0.2, 0.25) is 0 Å². The lowest BCUT2D eigenvalue weighted by Crippen LogP contribution is -2.37. The Kier molecular flexibility index (Phi) is 4.32. The standard InChI is InChI=1S/C14H22BrNS/c1-14(2,3)11-4-7-16(8-5-11)10-13-12(15)6-9-17-13/h6,9,11H,4-5,7-8,10H2,1-3H3. The summed E-state index contributed by atoms with van der Waals surface area (Å²) in [7, 11) is 0. The van der Waals surface area contributed by atoms with Gasteiger partial charge < -0.3 is 0 Å². The van der Waals surface area contributed by atoms with Crippen molar-refractivity contribution in [2.45, 2.75) is 40.2 Å². The Hall–Kier alpha value is 0.140. The Bertz CT molecular complexity index is 359. The molecule has 0 radical (unpaired) electrons. The van der Waals surface area contributed by atoms with E-state index in [1.54, 1.807) is 0 Å². The first-order valence-electron chi connectivity index (χ1n) is 6.41. The third kappa shape index (κ3) is 3.55. The second-order valence-corrected chi connectivity index (χ2v) is 7.96. The molecule has 1 fully saturated rings. The number of halogens is 1. The average Bonchev–Trinajstić information content (AvgIpc) is 2.64. The normalized spacial score (nSPS) is 19.8. The summed E-state index contributed by atoms with van der Waals surface area (Å²) in [6.07, 6.45) is 2.71. The SMILES string of the molecule is CC(C)(C)C1CCN(Cc2sccc2Br)CC1. The first kappa shape index (κ1) is 13.6. The van der Waals surface area contributed by atoms with Gasteiger partial charge in [-0.3, -0.25) is 4.90 Å². The van der Waals surface area contributed by atoms with E-state index >= 15 is 0 Å². The van der Waals surface area contributed by atoms with Gasteiger partial charge in [-0.05, 0) is 64.6 Å². The summed E-state index contributed by atoms with van der Waals surface area (Å²) in [6.45, 7) is 10.8. The number of thiophene rings is 1. The van der Waals surface area contributed by atoms with Crippen LogP contribution in [0.4, 0.5) is 0 Å². The fourth-order valence-electron chi connectivity index (χ4n) is 2.60. The van der Waals surface area contributed by atoms with Crippen LogP contribution < -0.4 is 0 Å². The van der Waals surface area contributed by atoms with E-state index < -0.39 is 0 Å². The summed E-state index contributed by atoms with van der Waals surface area (Å²) in [4.78, 5) is 4.07. The van der Waals surface area contributed by atoms with Crippen molar-refractivity contribution in [3.8, 4) is 0 Å². The molecule has 3 heteroatoms. The van der Waals surface area contributed by atoms with Crippen molar-refractivity contribution >= 4 is 27.3 Å². The molecule has 1 aromatic rings. The number of nitrogens with zero attached hydrogens (tertiary/aromatic N) is 1. The molecule has 1 aromatic heterocycles. The topological polar surface area (TPSA) is 3.24 Å². The minimum Gasteiger partial charge on any atom is -0.298 e. The second kappa shape index (κ2) is 5.41. The highest BCUT2D eigenvalue weighted by molar-refractivity contribution is 9.10. The van der Waals surface area contributed by atoms with E-state index in [0.29, 0.717) is 5.41 Å². The molecule has 0 atom stereocenters. The zero-order valence-electron chi connectivity index (χ0n) is 11.0. The minimum atomic E-state index is 0.482. The van der Waals surface area contributed by atoms with Gasteiger partial charge in [-0.2, -0.15) is 0 Å². The van der Waals surface area contributed by atoms with Crippen LogP contribution >= 0.6 is 27.3 Å². The molecule has 0 aromatic carbocycles. The van der Waals surface area contributed by atoms with E-state index in [0.717, 1.165) is 12.5 Å². The molecule has 0 aliphatic carbocycles. The summed E-state index contributed by atoms with van der Waals surface area (Å²) >= 11 is 5.48. The van der Waals surface area contributed by atoms with Crippen molar-refractivity contribution in [2.75, 3.05) is 13.1 Å². The molecule has 2 rings (SSSR count).